The van der Waals surface area contributed by atoms with Crippen LogP contribution in [-0.2, 0) is 11.3 Å². The van der Waals surface area contributed by atoms with Crippen molar-refractivity contribution in [3.05, 3.63) is 23.9 Å². The Morgan fingerprint density at radius 2 is 1.82 bits per heavy atom. The molecule has 2 aliphatic rings. The van der Waals surface area contributed by atoms with Gasteiger partial charge in [0.15, 0.2) is 0 Å². The molecular formula is C21H33N5O2. The second kappa shape index (κ2) is 10.9. The van der Waals surface area contributed by atoms with Crippen molar-refractivity contribution in [2.75, 3.05) is 24.5 Å². The lowest BCUT2D eigenvalue weighted by Gasteiger charge is -2.22. The van der Waals surface area contributed by atoms with Gasteiger partial charge >= 0.3 is 6.03 Å². The molecule has 154 valence electrons. The fraction of sp³-hybridized carbons (Fsp3) is 0.667. The first-order valence-electron chi connectivity index (χ1n) is 10.7. The third-order valence-corrected chi connectivity index (χ3v) is 5.54. The van der Waals surface area contributed by atoms with Gasteiger partial charge in [-0.1, -0.05) is 25.3 Å². The molecule has 1 aliphatic heterocycles. The van der Waals surface area contributed by atoms with E-state index in [0.29, 0.717) is 32.0 Å². The van der Waals surface area contributed by atoms with Crippen molar-refractivity contribution in [2.45, 2.75) is 70.4 Å². The number of nitrogens with zero attached hydrogens (tertiary/aromatic N) is 2. The largest absolute Gasteiger partial charge is 0.357 e. The van der Waals surface area contributed by atoms with E-state index in [1.807, 2.05) is 18.3 Å². The highest BCUT2D eigenvalue weighted by atomic mass is 16.2. The van der Waals surface area contributed by atoms with Crippen LogP contribution < -0.4 is 20.9 Å². The van der Waals surface area contributed by atoms with Crippen LogP contribution in [-0.4, -0.2) is 42.6 Å². The zero-order chi connectivity index (χ0) is 19.6. The zero-order valence-corrected chi connectivity index (χ0v) is 16.7. The molecule has 1 aromatic rings. The lowest BCUT2D eigenvalue weighted by Crippen LogP contribution is -2.43. The van der Waals surface area contributed by atoms with Crippen LogP contribution in [0, 0.1) is 0 Å². The monoisotopic (exact) mass is 387 g/mol. The van der Waals surface area contributed by atoms with Gasteiger partial charge in [-0.2, -0.15) is 0 Å². The molecule has 1 aliphatic carbocycles. The van der Waals surface area contributed by atoms with Crippen LogP contribution in [0.5, 0.6) is 0 Å². The molecule has 2 heterocycles. The van der Waals surface area contributed by atoms with E-state index in [0.717, 1.165) is 37.3 Å². The fourth-order valence-electron chi connectivity index (χ4n) is 3.88. The maximum atomic E-state index is 12.0. The first-order valence-corrected chi connectivity index (χ1v) is 10.7. The zero-order valence-electron chi connectivity index (χ0n) is 16.7. The van der Waals surface area contributed by atoms with Crippen molar-refractivity contribution < 1.29 is 9.59 Å². The standard InChI is InChI=1S/C21H33N5O2/c27-20(9-6-12-22-21(28)25-18-7-2-1-3-8-18)24-16-17-10-11-19(23-15-17)26-13-4-5-14-26/h10-11,15,18H,1-9,12-14,16H2,(H,24,27)(H2,22,25,28). The summed E-state index contributed by atoms with van der Waals surface area (Å²) in [5.41, 5.74) is 1.00. The Kier molecular flexibility index (Phi) is 7.94. The van der Waals surface area contributed by atoms with E-state index in [1.165, 1.54) is 32.1 Å². The number of hydrogen-bond donors (Lipinski definition) is 3. The highest BCUT2D eigenvalue weighted by Gasteiger charge is 2.15. The van der Waals surface area contributed by atoms with Crippen LogP contribution in [0.1, 0.15) is 63.4 Å². The topological polar surface area (TPSA) is 86.4 Å². The summed E-state index contributed by atoms with van der Waals surface area (Å²) in [6.07, 6.45) is 11.2. The number of hydrogen-bond acceptors (Lipinski definition) is 4. The maximum absolute atomic E-state index is 12.0. The van der Waals surface area contributed by atoms with Crippen molar-refractivity contribution in [1.29, 1.82) is 0 Å². The summed E-state index contributed by atoms with van der Waals surface area (Å²) < 4.78 is 0. The lowest BCUT2D eigenvalue weighted by atomic mass is 9.96. The third kappa shape index (κ3) is 6.69. The number of anilines is 1. The molecule has 1 saturated carbocycles. The Hall–Kier alpha value is -2.31. The van der Waals surface area contributed by atoms with Crippen LogP contribution in [0.15, 0.2) is 18.3 Å². The minimum atomic E-state index is -0.114. The summed E-state index contributed by atoms with van der Waals surface area (Å²) in [5, 5.41) is 8.79. The molecule has 0 spiro atoms. The van der Waals surface area contributed by atoms with E-state index < -0.39 is 0 Å². The van der Waals surface area contributed by atoms with E-state index in [1.54, 1.807) is 0 Å². The summed E-state index contributed by atoms with van der Waals surface area (Å²) in [7, 11) is 0. The van der Waals surface area contributed by atoms with E-state index in [2.05, 4.69) is 25.8 Å². The molecule has 1 saturated heterocycles. The molecule has 0 atom stereocenters. The van der Waals surface area contributed by atoms with Crippen LogP contribution in [0.25, 0.3) is 0 Å². The summed E-state index contributed by atoms with van der Waals surface area (Å²) in [5.74, 6) is 1.02. The van der Waals surface area contributed by atoms with Crippen LogP contribution in [0.2, 0.25) is 0 Å². The van der Waals surface area contributed by atoms with E-state index in [4.69, 9.17) is 0 Å². The average Bonchev–Trinajstić information content (AvgIpc) is 3.26. The minimum absolute atomic E-state index is 0.00175. The number of urea groups is 1. The predicted octanol–water partition coefficient (Wildman–Crippen LogP) is 2.71. The Labute approximate surface area is 167 Å². The van der Waals surface area contributed by atoms with Gasteiger partial charge in [0.2, 0.25) is 5.91 Å². The van der Waals surface area contributed by atoms with Crippen molar-refractivity contribution in [3.8, 4) is 0 Å². The van der Waals surface area contributed by atoms with Crippen molar-refractivity contribution in [3.63, 3.8) is 0 Å². The number of nitrogens with one attached hydrogen (secondary N) is 3. The fourth-order valence-corrected chi connectivity index (χ4v) is 3.88. The second-order valence-corrected chi connectivity index (χ2v) is 7.83. The van der Waals surface area contributed by atoms with Crippen molar-refractivity contribution in [1.82, 2.24) is 20.9 Å². The average molecular weight is 388 g/mol. The summed E-state index contributed by atoms with van der Waals surface area (Å²) in [6.45, 7) is 3.16. The van der Waals surface area contributed by atoms with Gasteiger partial charge in [-0.15, -0.1) is 0 Å². The molecule has 0 bridgehead atoms. The van der Waals surface area contributed by atoms with Gasteiger partial charge in [0.05, 0.1) is 0 Å². The van der Waals surface area contributed by atoms with E-state index >= 15 is 0 Å². The first kappa shape index (κ1) is 20.4. The second-order valence-electron chi connectivity index (χ2n) is 7.83. The van der Waals surface area contributed by atoms with Gasteiger partial charge in [-0.05, 0) is 43.7 Å². The van der Waals surface area contributed by atoms with Crippen LogP contribution in [0.4, 0.5) is 10.6 Å². The van der Waals surface area contributed by atoms with Gasteiger partial charge in [-0.3, -0.25) is 4.79 Å². The predicted molar refractivity (Wildman–Crippen MR) is 110 cm³/mol. The van der Waals surface area contributed by atoms with Gasteiger partial charge in [0, 0.05) is 44.8 Å². The SMILES string of the molecule is O=C(CCCNC(=O)NC1CCCCC1)NCc1ccc(N2CCCC2)nc1. The third-order valence-electron chi connectivity index (χ3n) is 5.54. The molecule has 0 radical (unpaired) electrons. The molecule has 7 nitrogen and oxygen atoms in total. The number of pyridine rings is 1. The molecule has 28 heavy (non-hydrogen) atoms. The number of rotatable bonds is 8. The van der Waals surface area contributed by atoms with Crippen LogP contribution >= 0.6 is 0 Å². The minimum Gasteiger partial charge on any atom is -0.357 e. The van der Waals surface area contributed by atoms with Crippen molar-refractivity contribution >= 4 is 17.8 Å². The molecule has 7 heteroatoms. The molecule has 0 aromatic carbocycles. The van der Waals surface area contributed by atoms with Gasteiger partial charge in [0.25, 0.3) is 0 Å². The number of amides is 3. The normalized spacial score (nSPS) is 17.4. The molecule has 1 aromatic heterocycles. The summed E-state index contributed by atoms with van der Waals surface area (Å²) in [6, 6.07) is 4.25. The smallest absolute Gasteiger partial charge is 0.315 e. The molecular weight excluding hydrogens is 354 g/mol. The Morgan fingerprint density at radius 3 is 2.54 bits per heavy atom. The Balaban J connectivity index is 1.25. The Morgan fingerprint density at radius 1 is 1.04 bits per heavy atom. The first-order chi connectivity index (χ1) is 13.7. The molecule has 2 fully saturated rings. The summed E-state index contributed by atoms with van der Waals surface area (Å²) in [4.78, 5) is 30.6. The van der Waals surface area contributed by atoms with E-state index in [9.17, 15) is 9.59 Å². The van der Waals surface area contributed by atoms with Crippen molar-refractivity contribution in [2.24, 2.45) is 0 Å². The molecule has 0 unspecified atom stereocenters. The number of carbonyl (C=O) groups is 2. The number of aromatic nitrogens is 1. The molecule has 3 amide bonds. The Bertz CT molecular complexity index is 622. The highest BCUT2D eigenvalue weighted by molar-refractivity contribution is 5.76. The lowest BCUT2D eigenvalue weighted by molar-refractivity contribution is -0.121. The van der Waals surface area contributed by atoms with Gasteiger partial charge in [-0.25, -0.2) is 9.78 Å². The van der Waals surface area contributed by atoms with Crippen LogP contribution in [0.3, 0.4) is 0 Å². The molecule has 3 rings (SSSR count). The number of carbonyl (C=O) groups excluding carboxylic acids is 2. The van der Waals surface area contributed by atoms with Gasteiger partial charge < -0.3 is 20.9 Å². The highest BCUT2D eigenvalue weighted by Crippen LogP contribution is 2.18. The van der Waals surface area contributed by atoms with Gasteiger partial charge in [0.1, 0.15) is 5.82 Å². The molecule has 3 N–H and O–H groups in total. The quantitative estimate of drug-likeness (QED) is 0.599. The summed E-state index contributed by atoms with van der Waals surface area (Å²) >= 11 is 0. The maximum Gasteiger partial charge on any atom is 0.315 e. The van der Waals surface area contributed by atoms with E-state index in [-0.39, 0.29) is 11.9 Å².